The normalized spacial score (nSPS) is 15.3. The number of para-hydroxylation sites is 3. The third kappa shape index (κ3) is 5.06. The average molecular weight is 755 g/mol. The smallest absolute Gasteiger partial charge is 0.0619 e. The second-order valence-corrected chi connectivity index (χ2v) is 16.9. The highest BCUT2D eigenvalue weighted by molar-refractivity contribution is 6.20. The lowest BCUT2D eigenvalue weighted by atomic mass is 9.76. The first kappa shape index (κ1) is 33.9. The molecule has 0 N–H and O–H groups in total. The molecule has 0 aliphatic heterocycles. The maximum Gasteiger partial charge on any atom is 0.0619 e. The van der Waals surface area contributed by atoms with Crippen LogP contribution in [-0.2, 0) is 11.8 Å². The molecule has 0 amide bonds. The molecule has 2 aliphatic carbocycles. The quantitative estimate of drug-likeness (QED) is 0.159. The van der Waals surface area contributed by atoms with Crippen molar-refractivity contribution in [1.82, 2.24) is 4.57 Å². The molecule has 10 aromatic rings. The van der Waals surface area contributed by atoms with Crippen LogP contribution in [0, 0.1) is 0 Å². The minimum Gasteiger partial charge on any atom is -0.310 e. The van der Waals surface area contributed by atoms with Crippen LogP contribution in [0.2, 0.25) is 0 Å². The van der Waals surface area contributed by atoms with Crippen LogP contribution in [0.3, 0.4) is 0 Å². The summed E-state index contributed by atoms with van der Waals surface area (Å²) in [5, 5.41) is 8.78. The van der Waals surface area contributed by atoms with Gasteiger partial charge in [-0.05, 0) is 110 Å². The van der Waals surface area contributed by atoms with E-state index in [4.69, 9.17) is 0 Å². The lowest BCUT2D eigenvalue weighted by Crippen LogP contribution is -2.19. The molecule has 0 bridgehead atoms. The van der Waals surface area contributed by atoms with E-state index in [-0.39, 0.29) is 5.41 Å². The molecule has 59 heavy (non-hydrogen) atoms. The van der Waals surface area contributed by atoms with Gasteiger partial charge in [-0.2, -0.15) is 0 Å². The van der Waals surface area contributed by atoms with Crippen molar-refractivity contribution in [2.24, 2.45) is 0 Å². The number of aromatic nitrogens is 1. The third-order valence-electron chi connectivity index (χ3n) is 13.4. The first-order valence-electron chi connectivity index (χ1n) is 20.9. The SMILES string of the molecule is CC1(C)C2=Cc3c(c4ccccc4n3-c3c4ccccc4c(-c4ccc5ccccc5c4)c4cc(N(c5ccccc5)c5ccccc5)ccc34)CC2c2ccccc21. The van der Waals surface area contributed by atoms with Gasteiger partial charge in [0.15, 0.2) is 0 Å². The monoisotopic (exact) mass is 754 g/mol. The van der Waals surface area contributed by atoms with Gasteiger partial charge in [0.05, 0.1) is 16.9 Å². The summed E-state index contributed by atoms with van der Waals surface area (Å²) in [6.45, 7) is 4.84. The second-order valence-electron chi connectivity index (χ2n) is 16.9. The zero-order chi connectivity index (χ0) is 39.2. The van der Waals surface area contributed by atoms with E-state index in [9.17, 15) is 0 Å². The number of hydrogen-bond donors (Lipinski definition) is 0. The Hall–Kier alpha value is -7.16. The molecule has 0 radical (unpaired) electrons. The van der Waals surface area contributed by atoms with Crippen LogP contribution in [0.4, 0.5) is 17.1 Å². The molecular formula is C57H42N2. The van der Waals surface area contributed by atoms with Gasteiger partial charge in [0, 0.05) is 44.6 Å². The fourth-order valence-corrected chi connectivity index (χ4v) is 10.7. The minimum atomic E-state index is -0.0580. The van der Waals surface area contributed by atoms with Crippen molar-refractivity contribution in [2.75, 3.05) is 4.90 Å². The molecule has 0 spiro atoms. The Labute approximate surface area is 344 Å². The van der Waals surface area contributed by atoms with Crippen molar-refractivity contribution in [3.63, 3.8) is 0 Å². The summed E-state index contributed by atoms with van der Waals surface area (Å²) in [5.74, 6) is 0.376. The molecule has 2 heteroatoms. The van der Waals surface area contributed by atoms with Gasteiger partial charge in [0.2, 0.25) is 0 Å². The summed E-state index contributed by atoms with van der Waals surface area (Å²) in [4.78, 5) is 2.38. The fraction of sp³-hybridized carbons (Fsp3) is 0.0877. The molecule has 1 aromatic heterocycles. The molecule has 1 atom stereocenters. The fourth-order valence-electron chi connectivity index (χ4n) is 10.7. The van der Waals surface area contributed by atoms with E-state index in [0.29, 0.717) is 5.92 Å². The van der Waals surface area contributed by atoms with Crippen LogP contribution >= 0.6 is 0 Å². The van der Waals surface area contributed by atoms with E-state index in [2.05, 4.69) is 224 Å². The molecule has 2 nitrogen and oxygen atoms in total. The lowest BCUT2D eigenvalue weighted by Gasteiger charge is -2.29. The van der Waals surface area contributed by atoms with Crippen molar-refractivity contribution < 1.29 is 0 Å². The highest BCUT2D eigenvalue weighted by Crippen LogP contribution is 2.56. The van der Waals surface area contributed by atoms with Crippen molar-refractivity contribution in [3.05, 3.63) is 222 Å². The number of anilines is 3. The number of nitrogens with zero attached hydrogens (tertiary/aromatic N) is 2. The molecule has 0 saturated carbocycles. The topological polar surface area (TPSA) is 8.17 Å². The summed E-state index contributed by atoms with van der Waals surface area (Å²) in [7, 11) is 0. The van der Waals surface area contributed by atoms with Crippen LogP contribution in [-0.4, -0.2) is 4.57 Å². The summed E-state index contributed by atoms with van der Waals surface area (Å²) in [6, 6.07) is 71.7. The summed E-state index contributed by atoms with van der Waals surface area (Å²) < 4.78 is 2.62. The van der Waals surface area contributed by atoms with Crippen molar-refractivity contribution in [2.45, 2.75) is 31.6 Å². The Balaban J connectivity index is 1.20. The largest absolute Gasteiger partial charge is 0.310 e. The van der Waals surface area contributed by atoms with Gasteiger partial charge in [-0.3, -0.25) is 0 Å². The number of allylic oxidation sites excluding steroid dienone is 1. The highest BCUT2D eigenvalue weighted by atomic mass is 15.1. The molecule has 9 aromatic carbocycles. The summed E-state index contributed by atoms with van der Waals surface area (Å²) >= 11 is 0. The van der Waals surface area contributed by atoms with E-state index < -0.39 is 0 Å². The van der Waals surface area contributed by atoms with E-state index in [1.807, 2.05) is 0 Å². The Kier molecular flexibility index (Phi) is 7.43. The maximum absolute atomic E-state index is 2.62. The van der Waals surface area contributed by atoms with Crippen LogP contribution < -0.4 is 4.90 Å². The van der Waals surface area contributed by atoms with Crippen molar-refractivity contribution in [1.29, 1.82) is 0 Å². The average Bonchev–Trinajstić information content (AvgIpc) is 3.72. The molecule has 280 valence electrons. The molecule has 0 saturated heterocycles. The van der Waals surface area contributed by atoms with E-state index in [1.165, 1.54) is 88.0 Å². The van der Waals surface area contributed by atoms with E-state index in [1.54, 1.807) is 0 Å². The number of benzene rings is 9. The highest BCUT2D eigenvalue weighted by Gasteiger charge is 2.44. The van der Waals surface area contributed by atoms with E-state index >= 15 is 0 Å². The predicted molar refractivity (Wildman–Crippen MR) is 250 cm³/mol. The standard InChI is InChI=1S/C57H42N2/c1-57(2)51-27-15-13-23-43(51)48-35-49-44-24-14-16-28-53(44)59(54(49)36-52(48)57)56-46-26-12-11-25-45(46)55(39-30-29-37-17-9-10-18-38(37)33-39)50-34-42(31-32-47(50)56)58(40-19-5-3-6-20-40)41-21-7-4-8-22-41/h3-34,36,48H,35H2,1-2H3. The Morgan fingerprint density at radius 2 is 1.14 bits per heavy atom. The number of rotatable bonds is 5. The van der Waals surface area contributed by atoms with E-state index in [0.717, 1.165) is 23.5 Å². The molecule has 12 rings (SSSR count). The first-order valence-corrected chi connectivity index (χ1v) is 20.9. The lowest BCUT2D eigenvalue weighted by molar-refractivity contribution is 0.613. The maximum atomic E-state index is 2.62. The predicted octanol–water partition coefficient (Wildman–Crippen LogP) is 15.2. The third-order valence-corrected chi connectivity index (χ3v) is 13.4. The zero-order valence-corrected chi connectivity index (χ0v) is 33.2. The minimum absolute atomic E-state index is 0.0580. The Bertz CT molecular complexity index is 3290. The van der Waals surface area contributed by atoms with Gasteiger partial charge >= 0.3 is 0 Å². The van der Waals surface area contributed by atoms with Crippen LogP contribution in [0.1, 0.15) is 42.1 Å². The van der Waals surface area contributed by atoms with Crippen molar-refractivity contribution in [3.8, 4) is 16.8 Å². The van der Waals surface area contributed by atoms with Gasteiger partial charge in [0.1, 0.15) is 0 Å². The van der Waals surface area contributed by atoms with Gasteiger partial charge in [0.25, 0.3) is 0 Å². The summed E-state index contributed by atoms with van der Waals surface area (Å²) in [6.07, 6.45) is 3.57. The van der Waals surface area contributed by atoms with Crippen LogP contribution in [0.15, 0.2) is 200 Å². The van der Waals surface area contributed by atoms with Crippen LogP contribution in [0.5, 0.6) is 0 Å². The molecular weight excluding hydrogens is 713 g/mol. The zero-order valence-electron chi connectivity index (χ0n) is 33.2. The van der Waals surface area contributed by atoms with Gasteiger partial charge < -0.3 is 9.47 Å². The molecule has 0 fully saturated rings. The first-order chi connectivity index (χ1) is 29.0. The number of fused-ring (bicyclic) bond motifs is 9. The van der Waals surface area contributed by atoms with Crippen LogP contribution in [0.25, 0.3) is 66.1 Å². The van der Waals surface area contributed by atoms with Gasteiger partial charge in [-0.1, -0.05) is 165 Å². The Morgan fingerprint density at radius 1 is 0.508 bits per heavy atom. The molecule has 1 unspecified atom stereocenters. The van der Waals surface area contributed by atoms with Crippen molar-refractivity contribution >= 4 is 66.4 Å². The number of hydrogen-bond acceptors (Lipinski definition) is 1. The van der Waals surface area contributed by atoms with Gasteiger partial charge in [-0.25, -0.2) is 0 Å². The molecule has 1 heterocycles. The molecule has 2 aliphatic rings. The van der Waals surface area contributed by atoms with Gasteiger partial charge in [-0.15, -0.1) is 0 Å². The summed E-state index contributed by atoms with van der Waals surface area (Å²) in [5.41, 5.74) is 15.5. The second kappa shape index (κ2) is 12.9. The Morgan fingerprint density at radius 3 is 1.92 bits per heavy atom.